The highest BCUT2D eigenvalue weighted by Crippen LogP contribution is 2.43. The molecule has 1 aliphatic rings. The maximum Gasteiger partial charge on any atom is 0.469 e. The standard InChI is InChI=1S/C39H43F4N6O9P/c1-6-23-9-8-10-24(7-2)32(23)49-33(28-21-47(14-12-30(28)46-49)36-44-19-25(20-45-36)39(41,42)43)27-17-29(40)35(55-5)34-26(27)11-15-48(34)37(51)57-22-56-31(50)18-38(3,4)13-16-58-59(52,53)54/h8-11,15,17,19-20H,6-7,12-14,16,18,21-22H2,1-5H3,(H2,52,53,54). The lowest BCUT2D eigenvalue weighted by molar-refractivity contribution is -0.154. The van der Waals surface area contributed by atoms with E-state index in [1.807, 2.05) is 32.0 Å². The fourth-order valence-electron chi connectivity index (χ4n) is 7.09. The number of benzene rings is 2. The Kier molecular flexibility index (Phi) is 12.5. The summed E-state index contributed by atoms with van der Waals surface area (Å²) in [7, 11) is -3.44. The van der Waals surface area contributed by atoms with Gasteiger partial charge in [0.2, 0.25) is 12.7 Å². The molecular weight excluding hydrogens is 803 g/mol. The van der Waals surface area contributed by atoms with Gasteiger partial charge in [-0.2, -0.15) is 18.3 Å². The van der Waals surface area contributed by atoms with Crippen LogP contribution in [0, 0.1) is 11.2 Å². The molecule has 0 aliphatic carbocycles. The van der Waals surface area contributed by atoms with Crippen molar-refractivity contribution in [2.45, 2.75) is 72.5 Å². The molecule has 2 N–H and O–H groups in total. The number of nitrogens with zero attached hydrogens (tertiary/aromatic N) is 6. The number of phosphoric acid groups is 1. The first kappa shape index (κ1) is 43.2. The lowest BCUT2D eigenvalue weighted by Gasteiger charge is -2.27. The van der Waals surface area contributed by atoms with E-state index in [1.54, 1.807) is 29.5 Å². The van der Waals surface area contributed by atoms with Gasteiger partial charge in [0.15, 0.2) is 11.6 Å². The number of ether oxygens (including phenoxy) is 3. The number of methoxy groups -OCH3 is 1. The SMILES string of the molecule is CCc1cccc(CC)c1-n1nc2c(c1-c1cc(F)c(OC)c3c1ccn3C(=O)OCOC(=O)CC(C)(C)CCOP(=O)(O)O)CN(c1ncc(C(F)(F)F)cn1)CC2. The lowest BCUT2D eigenvalue weighted by Crippen LogP contribution is -2.31. The summed E-state index contributed by atoms with van der Waals surface area (Å²) in [6.45, 7) is 6.70. The fourth-order valence-corrected chi connectivity index (χ4v) is 7.42. The van der Waals surface area contributed by atoms with Crippen molar-refractivity contribution < 1.29 is 60.2 Å². The summed E-state index contributed by atoms with van der Waals surface area (Å²) in [5.41, 5.74) is 3.10. The molecule has 6 rings (SSSR count). The normalized spacial score (nSPS) is 13.4. The van der Waals surface area contributed by atoms with E-state index < -0.39 is 49.7 Å². The predicted octanol–water partition coefficient (Wildman–Crippen LogP) is 7.54. The average Bonchev–Trinajstić information content (AvgIpc) is 3.78. The molecule has 59 heavy (non-hydrogen) atoms. The number of aryl methyl sites for hydroxylation is 2. The van der Waals surface area contributed by atoms with Crippen molar-refractivity contribution in [3.05, 3.63) is 82.7 Å². The number of anilines is 1. The van der Waals surface area contributed by atoms with Crippen LogP contribution < -0.4 is 9.64 Å². The quantitative estimate of drug-likeness (QED) is 0.0485. The van der Waals surface area contributed by atoms with Gasteiger partial charge >= 0.3 is 26.1 Å². The molecule has 0 atom stereocenters. The molecule has 316 valence electrons. The molecular formula is C39H43F4N6O9P. The molecule has 1 aliphatic heterocycles. The van der Waals surface area contributed by atoms with Gasteiger partial charge in [0.05, 0.1) is 42.8 Å². The van der Waals surface area contributed by atoms with Gasteiger partial charge in [-0.25, -0.2) is 33.0 Å². The van der Waals surface area contributed by atoms with Crippen molar-refractivity contribution in [3.8, 4) is 22.7 Å². The molecule has 20 heteroatoms. The van der Waals surface area contributed by atoms with Gasteiger partial charge in [0, 0.05) is 54.6 Å². The summed E-state index contributed by atoms with van der Waals surface area (Å²) < 4.78 is 90.5. The van der Waals surface area contributed by atoms with Crippen molar-refractivity contribution in [3.63, 3.8) is 0 Å². The number of phosphoric ester groups is 1. The smallest absolute Gasteiger partial charge is 0.469 e. The van der Waals surface area contributed by atoms with Gasteiger partial charge in [-0.05, 0) is 47.9 Å². The van der Waals surface area contributed by atoms with Crippen molar-refractivity contribution in [2.24, 2.45) is 5.41 Å². The van der Waals surface area contributed by atoms with Crippen LogP contribution in [0.3, 0.4) is 0 Å². The second kappa shape index (κ2) is 17.1. The number of carbonyl (C=O) groups is 2. The Morgan fingerprint density at radius 2 is 1.69 bits per heavy atom. The van der Waals surface area contributed by atoms with E-state index in [0.717, 1.165) is 33.8 Å². The maximum atomic E-state index is 16.3. The molecule has 0 radical (unpaired) electrons. The molecule has 0 spiro atoms. The molecule has 0 unspecified atom stereocenters. The maximum absolute atomic E-state index is 16.3. The lowest BCUT2D eigenvalue weighted by atomic mass is 9.86. The molecule has 5 aromatic rings. The minimum atomic E-state index is -4.68. The monoisotopic (exact) mass is 846 g/mol. The summed E-state index contributed by atoms with van der Waals surface area (Å²) >= 11 is 0. The first-order valence-corrected chi connectivity index (χ1v) is 20.2. The van der Waals surface area contributed by atoms with Gasteiger partial charge in [0.25, 0.3) is 0 Å². The number of alkyl halides is 3. The highest BCUT2D eigenvalue weighted by molar-refractivity contribution is 7.46. The van der Waals surface area contributed by atoms with Crippen molar-refractivity contribution in [2.75, 3.05) is 32.0 Å². The second-order valence-electron chi connectivity index (χ2n) is 14.6. The zero-order valence-corrected chi connectivity index (χ0v) is 33.8. The highest BCUT2D eigenvalue weighted by Gasteiger charge is 2.34. The minimum absolute atomic E-state index is 0.00439. The molecule has 2 aromatic carbocycles. The van der Waals surface area contributed by atoms with Crippen molar-refractivity contribution in [1.82, 2.24) is 24.3 Å². The van der Waals surface area contributed by atoms with E-state index in [1.165, 1.54) is 19.4 Å². The topological polar surface area (TPSA) is 180 Å². The first-order valence-electron chi connectivity index (χ1n) is 18.6. The summed E-state index contributed by atoms with van der Waals surface area (Å²) in [6.07, 6.45) is -1.26. The van der Waals surface area contributed by atoms with Crippen LogP contribution in [0.1, 0.15) is 68.5 Å². The number of fused-ring (bicyclic) bond motifs is 2. The number of aromatic nitrogens is 5. The van der Waals surface area contributed by atoms with Crippen molar-refractivity contribution >= 4 is 36.7 Å². The third kappa shape index (κ3) is 9.43. The van der Waals surface area contributed by atoms with Crippen LogP contribution in [-0.4, -0.2) is 73.2 Å². The van der Waals surface area contributed by atoms with Gasteiger partial charge < -0.3 is 28.9 Å². The number of hydrogen-bond acceptors (Lipinski definition) is 11. The van der Waals surface area contributed by atoms with E-state index in [4.69, 9.17) is 29.1 Å². The van der Waals surface area contributed by atoms with Gasteiger partial charge in [0.1, 0.15) is 5.52 Å². The Balaban J connectivity index is 1.38. The van der Waals surface area contributed by atoms with Crippen LogP contribution in [0.15, 0.2) is 48.9 Å². The molecule has 0 fully saturated rings. The molecule has 0 saturated carbocycles. The Morgan fingerprint density at radius 1 is 1.02 bits per heavy atom. The molecule has 15 nitrogen and oxygen atoms in total. The van der Waals surface area contributed by atoms with Crippen LogP contribution in [0.4, 0.5) is 28.3 Å². The predicted molar refractivity (Wildman–Crippen MR) is 205 cm³/mol. The van der Waals surface area contributed by atoms with Crippen LogP contribution in [0.5, 0.6) is 5.75 Å². The number of rotatable bonds is 14. The number of halogens is 4. The third-order valence-electron chi connectivity index (χ3n) is 10.1. The van der Waals surface area contributed by atoms with E-state index in [2.05, 4.69) is 14.5 Å². The minimum Gasteiger partial charge on any atom is -0.492 e. The Bertz CT molecular complexity index is 2390. The number of esters is 1. The van der Waals surface area contributed by atoms with Crippen LogP contribution in [0.25, 0.3) is 27.8 Å². The van der Waals surface area contributed by atoms with Gasteiger partial charge in [-0.3, -0.25) is 9.32 Å². The molecule has 3 aromatic heterocycles. The van der Waals surface area contributed by atoms with E-state index >= 15 is 4.39 Å². The number of hydrogen-bond donors (Lipinski definition) is 2. The highest BCUT2D eigenvalue weighted by atomic mass is 31.2. The number of carbonyl (C=O) groups excluding carboxylic acids is 2. The Hall–Kier alpha value is -5.36. The van der Waals surface area contributed by atoms with Crippen molar-refractivity contribution in [1.29, 1.82) is 0 Å². The molecule has 0 amide bonds. The zero-order chi connectivity index (χ0) is 42.9. The van der Waals surface area contributed by atoms with Crippen LogP contribution >= 0.6 is 7.82 Å². The first-order chi connectivity index (χ1) is 27.9. The third-order valence-corrected chi connectivity index (χ3v) is 10.6. The van der Waals surface area contributed by atoms with E-state index in [0.29, 0.717) is 53.7 Å². The van der Waals surface area contributed by atoms with Gasteiger partial charge in [-0.15, -0.1) is 0 Å². The average molecular weight is 847 g/mol. The van der Waals surface area contributed by atoms with Crippen LogP contribution in [0.2, 0.25) is 0 Å². The zero-order valence-electron chi connectivity index (χ0n) is 32.9. The largest absolute Gasteiger partial charge is 0.492 e. The fraction of sp³-hybridized carbons (Fsp3) is 0.410. The molecule has 4 heterocycles. The Labute approximate surface area is 336 Å². The summed E-state index contributed by atoms with van der Waals surface area (Å²) in [5.74, 6) is -1.78. The second-order valence-corrected chi connectivity index (χ2v) is 15.8. The summed E-state index contributed by atoms with van der Waals surface area (Å²) in [6, 6.07) is 8.78. The summed E-state index contributed by atoms with van der Waals surface area (Å²) in [4.78, 5) is 53.8. The molecule has 0 bridgehead atoms. The van der Waals surface area contributed by atoms with Crippen LogP contribution in [-0.2, 0) is 55.3 Å². The van der Waals surface area contributed by atoms with E-state index in [-0.39, 0.29) is 43.2 Å². The van der Waals surface area contributed by atoms with Gasteiger partial charge in [-0.1, -0.05) is 45.9 Å². The van der Waals surface area contributed by atoms with E-state index in [9.17, 15) is 27.3 Å². The number of para-hydroxylation sites is 1. The Morgan fingerprint density at radius 3 is 2.31 bits per heavy atom. The summed E-state index contributed by atoms with van der Waals surface area (Å²) in [5, 5.41) is 5.45. The molecule has 0 saturated heterocycles.